The first-order valence-corrected chi connectivity index (χ1v) is 24.3. The molecule has 2 atom stereocenters. The molecule has 0 spiro atoms. The molecular weight excluding hydrogens is 955 g/mol. The molecule has 4 amide bonds. The molecule has 2 aliphatic rings. The van der Waals surface area contributed by atoms with Gasteiger partial charge in [-0.3, -0.25) is 19.2 Å². The summed E-state index contributed by atoms with van der Waals surface area (Å²) in [5.74, 6) is -2.12. The lowest BCUT2D eigenvalue weighted by Crippen LogP contribution is -2.50. The summed E-state index contributed by atoms with van der Waals surface area (Å²) < 4.78 is 45.4. The molecule has 0 radical (unpaired) electrons. The number of halogens is 2. The zero-order valence-electron chi connectivity index (χ0n) is 41.3. The van der Waals surface area contributed by atoms with Crippen LogP contribution in [0.2, 0.25) is 0 Å². The molecule has 1 fully saturated rings. The van der Waals surface area contributed by atoms with Crippen molar-refractivity contribution < 1.29 is 46.3 Å². The third-order valence-corrected chi connectivity index (χ3v) is 13.4. The molecule has 1 saturated carbocycles. The third-order valence-electron chi connectivity index (χ3n) is 13.4. The highest BCUT2D eigenvalue weighted by Crippen LogP contribution is 2.39. The maximum Gasteiger partial charge on any atom is 0.331 e. The lowest BCUT2D eigenvalue weighted by atomic mass is 9.98. The number of allylic oxidation sites excluding steroid dienone is 3. The van der Waals surface area contributed by atoms with E-state index in [-0.39, 0.29) is 36.3 Å². The number of rotatable bonds is 14. The number of ether oxygens (including phenoxy) is 1. The topological polar surface area (TPSA) is 169 Å². The van der Waals surface area contributed by atoms with Gasteiger partial charge in [0.15, 0.2) is 0 Å². The van der Waals surface area contributed by atoms with Gasteiger partial charge in [0.25, 0.3) is 23.6 Å². The number of benzene rings is 6. The Bertz CT molecular complexity index is 3700. The monoisotopic (exact) mass is 1000 g/mol. The van der Waals surface area contributed by atoms with Gasteiger partial charge in [-0.2, -0.15) is 0 Å². The molecule has 0 saturated heterocycles. The predicted octanol–water partition coefficient (Wildman–Crippen LogP) is 11.5. The van der Waals surface area contributed by atoms with E-state index in [4.69, 9.17) is 13.6 Å². The predicted molar refractivity (Wildman–Crippen MR) is 283 cm³/mol. The summed E-state index contributed by atoms with van der Waals surface area (Å²) in [4.78, 5) is 67.0. The number of amides is 4. The number of fused-ring (bicyclic) bond motifs is 2. The fourth-order valence-corrected chi connectivity index (χ4v) is 9.27. The van der Waals surface area contributed by atoms with Gasteiger partial charge in [0.05, 0.1) is 11.1 Å². The molecule has 14 heteroatoms. The highest BCUT2D eigenvalue weighted by Gasteiger charge is 2.37. The average molecular weight is 1010 g/mol. The second-order valence-corrected chi connectivity index (χ2v) is 19.1. The van der Waals surface area contributed by atoms with Crippen molar-refractivity contribution in [2.24, 2.45) is 5.92 Å². The summed E-state index contributed by atoms with van der Waals surface area (Å²) >= 11 is 0. The van der Waals surface area contributed by atoms with Crippen LogP contribution in [0, 0.1) is 17.6 Å². The van der Waals surface area contributed by atoms with Crippen molar-refractivity contribution in [2.75, 3.05) is 20.7 Å². The summed E-state index contributed by atoms with van der Waals surface area (Å²) in [6.07, 6.45) is 9.44. The Balaban J connectivity index is 0.751. The van der Waals surface area contributed by atoms with E-state index in [1.54, 1.807) is 80.6 Å². The van der Waals surface area contributed by atoms with Crippen LogP contribution < -0.4 is 21.3 Å². The third kappa shape index (κ3) is 10.4. The van der Waals surface area contributed by atoms with Crippen LogP contribution in [0.3, 0.4) is 0 Å². The van der Waals surface area contributed by atoms with E-state index in [0.29, 0.717) is 84.4 Å². The normalized spacial score (nSPS) is 15.6. The van der Waals surface area contributed by atoms with Crippen LogP contribution >= 0.6 is 0 Å². The minimum atomic E-state index is -1.39. The van der Waals surface area contributed by atoms with Crippen LogP contribution in [0.5, 0.6) is 0 Å². The minimum Gasteiger partial charge on any atom is -0.459 e. The van der Waals surface area contributed by atoms with Crippen molar-refractivity contribution in [2.45, 2.75) is 38.3 Å². The summed E-state index contributed by atoms with van der Waals surface area (Å²) in [5.41, 5.74) is 6.82. The Kier molecular flexibility index (Phi) is 13.4. The quantitative estimate of drug-likeness (QED) is 0.0781. The second kappa shape index (κ2) is 20.4. The summed E-state index contributed by atoms with van der Waals surface area (Å²) in [6.45, 7) is 3.14. The number of carbonyl (C=O) groups is 5. The van der Waals surface area contributed by atoms with Gasteiger partial charge in [-0.05, 0) is 163 Å². The smallest absolute Gasteiger partial charge is 0.331 e. The largest absolute Gasteiger partial charge is 0.459 e. The molecule has 75 heavy (non-hydrogen) atoms. The second-order valence-electron chi connectivity index (χ2n) is 19.1. The van der Waals surface area contributed by atoms with Crippen molar-refractivity contribution in [3.63, 3.8) is 0 Å². The number of furan rings is 2. The zero-order valence-corrected chi connectivity index (χ0v) is 41.3. The van der Waals surface area contributed by atoms with Crippen LogP contribution in [-0.2, 0) is 9.53 Å². The molecule has 10 rings (SSSR count). The van der Waals surface area contributed by atoms with Crippen LogP contribution in [0.1, 0.15) is 68.1 Å². The van der Waals surface area contributed by atoms with Gasteiger partial charge in [-0.25, -0.2) is 13.6 Å². The van der Waals surface area contributed by atoms with Gasteiger partial charge >= 0.3 is 5.97 Å². The van der Waals surface area contributed by atoms with E-state index in [0.717, 1.165) is 28.7 Å². The van der Waals surface area contributed by atoms with Crippen LogP contribution in [0.4, 0.5) is 8.78 Å². The molecule has 2 heterocycles. The Morgan fingerprint density at radius 2 is 1.12 bits per heavy atom. The first kappa shape index (κ1) is 49.4. The molecule has 376 valence electrons. The molecule has 8 aromatic rings. The van der Waals surface area contributed by atoms with E-state index >= 15 is 0 Å². The summed E-state index contributed by atoms with van der Waals surface area (Å²) in [6, 6.07) is 36.4. The van der Waals surface area contributed by atoms with Crippen molar-refractivity contribution in [1.82, 2.24) is 21.3 Å². The molecule has 2 unspecified atom stereocenters. The molecule has 0 aliphatic heterocycles. The maximum atomic E-state index is 13.7. The SMILES string of the molecule is CNC(=O)c1c(-c2ccc(F)cc2)oc2ccc(-c3cccc(C(=O)NC4CC4C=C4C=C(COC(=O)C(C)(C)NC(=O)c5cccc(-c6ccc7oc(-c8ccc(F)cc8)c(C(=O)NC)c7c6)c5)C=CC4)c3)cc12. The van der Waals surface area contributed by atoms with Crippen LogP contribution in [-0.4, -0.2) is 61.9 Å². The highest BCUT2D eigenvalue weighted by molar-refractivity contribution is 6.13. The van der Waals surface area contributed by atoms with Crippen molar-refractivity contribution in [3.8, 4) is 44.9 Å². The van der Waals surface area contributed by atoms with Gasteiger partial charge in [0, 0.05) is 53.2 Å². The summed E-state index contributed by atoms with van der Waals surface area (Å²) in [5, 5.41) is 12.4. The van der Waals surface area contributed by atoms with Gasteiger partial charge < -0.3 is 34.8 Å². The first-order valence-electron chi connectivity index (χ1n) is 24.3. The molecule has 4 N–H and O–H groups in total. The summed E-state index contributed by atoms with van der Waals surface area (Å²) in [7, 11) is 3.05. The Labute approximate surface area is 430 Å². The fourth-order valence-electron chi connectivity index (χ4n) is 9.27. The Hall–Kier alpha value is -9.17. The minimum absolute atomic E-state index is 0.0178. The van der Waals surface area contributed by atoms with Crippen LogP contribution in [0.15, 0.2) is 178 Å². The van der Waals surface area contributed by atoms with E-state index in [1.807, 2.05) is 60.7 Å². The molecular formula is C61H50F2N4O8. The molecule has 2 aliphatic carbocycles. The molecule has 0 bridgehead atoms. The molecule has 12 nitrogen and oxygen atoms in total. The standard InChI is InChI=1S/C61H50F2N4O8/c1-61(2,67-57(69)43-13-7-11-39(29-43)41-19-25-51-48(31-41)53(59(71)65-4)55(75-51)37-16-22-46(63)23-17-37)60(72)73-33-35-9-5-8-34(26-35)27-44-32-49(44)66-56(68)42-12-6-10-38(28-42)40-18-24-50-47(30-40)52(58(70)64-3)54(74-50)36-14-20-45(62)21-15-36/h5-7,9-31,44,49H,8,32-33H2,1-4H3,(H,64,70)(H,65,71)(H,66,68)(H,67,69). The number of hydrogen-bond acceptors (Lipinski definition) is 8. The average Bonchev–Trinajstić information content (AvgIpc) is 3.84. The molecule has 2 aromatic heterocycles. The van der Waals surface area contributed by atoms with Crippen molar-refractivity contribution in [3.05, 3.63) is 203 Å². The molecule has 6 aromatic carbocycles. The van der Waals surface area contributed by atoms with Gasteiger partial charge in [-0.1, -0.05) is 60.7 Å². The van der Waals surface area contributed by atoms with Gasteiger partial charge in [0.1, 0.15) is 46.5 Å². The van der Waals surface area contributed by atoms with Gasteiger partial charge in [-0.15, -0.1) is 0 Å². The number of esters is 1. The fraction of sp³-hybridized carbons (Fsp3) is 0.164. The van der Waals surface area contributed by atoms with E-state index in [9.17, 15) is 32.8 Å². The number of hydrogen-bond donors (Lipinski definition) is 4. The first-order chi connectivity index (χ1) is 36.2. The zero-order chi connectivity index (χ0) is 52.5. The van der Waals surface area contributed by atoms with Gasteiger partial charge in [0.2, 0.25) is 0 Å². The Morgan fingerprint density at radius 3 is 1.64 bits per heavy atom. The van der Waals surface area contributed by atoms with E-state index in [1.165, 1.54) is 38.4 Å². The number of nitrogens with one attached hydrogen (secondary N) is 4. The number of carbonyl (C=O) groups excluding carboxylic acids is 5. The maximum absolute atomic E-state index is 13.7. The Morgan fingerprint density at radius 1 is 0.627 bits per heavy atom. The lowest BCUT2D eigenvalue weighted by molar-refractivity contribution is -0.148. The highest BCUT2D eigenvalue weighted by atomic mass is 19.1. The van der Waals surface area contributed by atoms with E-state index in [2.05, 4.69) is 27.3 Å². The van der Waals surface area contributed by atoms with Crippen LogP contribution in [0.25, 0.3) is 66.8 Å². The van der Waals surface area contributed by atoms with Crippen molar-refractivity contribution in [1.29, 1.82) is 0 Å². The lowest BCUT2D eigenvalue weighted by Gasteiger charge is -2.24. The van der Waals surface area contributed by atoms with Crippen molar-refractivity contribution >= 4 is 51.5 Å². The van der Waals surface area contributed by atoms with E-state index < -0.39 is 29.0 Å².